The molecule has 2 N–H and O–H groups in total. The largest absolute Gasteiger partial charge is 0.481 e. The number of carbonyl (C=O) groups excluding carboxylic acids is 1. The molecule has 1 atom stereocenters. The highest BCUT2D eigenvalue weighted by Crippen LogP contribution is 2.19. The van der Waals surface area contributed by atoms with Gasteiger partial charge in [0.1, 0.15) is 5.54 Å². The number of likely N-dealkylation sites (tertiary alicyclic amines) is 1. The lowest BCUT2D eigenvalue weighted by Crippen LogP contribution is -2.49. The van der Waals surface area contributed by atoms with E-state index in [2.05, 4.69) is 11.2 Å². The molecule has 5 nitrogen and oxygen atoms in total. The molecule has 1 amide bonds. The molecule has 0 aromatic rings. The van der Waals surface area contributed by atoms with E-state index >= 15 is 0 Å². The Bertz CT molecular complexity index is 396. The molecule has 1 unspecified atom stereocenters. The zero-order valence-electron chi connectivity index (χ0n) is 12.3. The van der Waals surface area contributed by atoms with Crippen LogP contribution in [0, 0.1) is 18.3 Å². The predicted octanol–water partition coefficient (Wildman–Crippen LogP) is 1.09. The second-order valence-corrected chi connectivity index (χ2v) is 5.47. The minimum atomic E-state index is -0.774. The fourth-order valence-corrected chi connectivity index (χ4v) is 2.65. The van der Waals surface area contributed by atoms with Gasteiger partial charge in [-0.25, -0.2) is 0 Å². The molecule has 0 aromatic heterocycles. The third-order valence-corrected chi connectivity index (χ3v) is 4.06. The van der Waals surface area contributed by atoms with Gasteiger partial charge in [-0.05, 0) is 31.7 Å². The molecule has 0 saturated carbocycles. The molecule has 0 bridgehead atoms. The molecular formula is C15H24N2O3. The molecule has 0 aliphatic carbocycles. The number of amides is 1. The van der Waals surface area contributed by atoms with Crippen molar-refractivity contribution >= 4 is 11.9 Å². The van der Waals surface area contributed by atoms with Crippen LogP contribution in [-0.2, 0) is 9.59 Å². The first-order valence-corrected chi connectivity index (χ1v) is 7.17. The van der Waals surface area contributed by atoms with Gasteiger partial charge >= 0.3 is 5.97 Å². The first kappa shape index (κ1) is 16.5. The molecule has 1 aliphatic rings. The van der Waals surface area contributed by atoms with Gasteiger partial charge in [-0.15, -0.1) is 6.42 Å². The minimum absolute atomic E-state index is 0.0809. The highest BCUT2D eigenvalue weighted by molar-refractivity contribution is 5.79. The molecule has 0 radical (unpaired) electrons. The van der Waals surface area contributed by atoms with E-state index in [-0.39, 0.29) is 18.2 Å². The van der Waals surface area contributed by atoms with E-state index < -0.39 is 11.5 Å². The summed E-state index contributed by atoms with van der Waals surface area (Å²) in [7, 11) is 0. The van der Waals surface area contributed by atoms with Crippen LogP contribution in [0.15, 0.2) is 0 Å². The molecule has 1 saturated heterocycles. The zero-order valence-corrected chi connectivity index (χ0v) is 12.3. The van der Waals surface area contributed by atoms with Crippen LogP contribution in [0.2, 0.25) is 0 Å². The maximum Gasteiger partial charge on any atom is 0.303 e. The van der Waals surface area contributed by atoms with Crippen LogP contribution in [0.3, 0.4) is 0 Å². The lowest BCUT2D eigenvalue weighted by molar-refractivity contribution is -0.138. The number of carbonyl (C=O) groups is 2. The Labute approximate surface area is 120 Å². The van der Waals surface area contributed by atoms with Crippen molar-refractivity contribution < 1.29 is 14.7 Å². The number of nitrogens with one attached hydrogen (secondary N) is 1. The maximum atomic E-state index is 12.1. The lowest BCUT2D eigenvalue weighted by Gasteiger charge is -2.28. The summed E-state index contributed by atoms with van der Waals surface area (Å²) in [6, 6.07) is 0. The molecule has 0 aromatic carbocycles. The molecule has 1 heterocycles. The summed E-state index contributed by atoms with van der Waals surface area (Å²) in [5.41, 5.74) is -0.558. The third kappa shape index (κ3) is 4.53. The molecule has 1 fully saturated rings. The summed E-state index contributed by atoms with van der Waals surface area (Å²) in [5, 5.41) is 11.7. The summed E-state index contributed by atoms with van der Waals surface area (Å²) >= 11 is 0. The number of aliphatic carboxylic acids is 1. The van der Waals surface area contributed by atoms with Gasteiger partial charge < -0.3 is 10.4 Å². The van der Waals surface area contributed by atoms with Crippen LogP contribution in [0.5, 0.6) is 0 Å². The van der Waals surface area contributed by atoms with Gasteiger partial charge in [0.05, 0.1) is 6.54 Å². The molecule has 1 rings (SSSR count). The van der Waals surface area contributed by atoms with Crippen LogP contribution < -0.4 is 5.32 Å². The fourth-order valence-electron chi connectivity index (χ4n) is 2.65. The number of carboxylic acids is 1. The zero-order chi connectivity index (χ0) is 15.2. The lowest BCUT2D eigenvalue weighted by atomic mass is 9.94. The van der Waals surface area contributed by atoms with Gasteiger partial charge in [-0.1, -0.05) is 19.8 Å². The standard InChI is InChI=1S/C15H24N2O3/c1-4-15(5-2,6-3)16-13(18)11-17-8-7-12(10-17)9-14(19)20/h1,12H,5-11H2,2-3H3,(H,16,18)(H,19,20). The Morgan fingerprint density at radius 2 is 2.10 bits per heavy atom. The Morgan fingerprint density at radius 1 is 1.45 bits per heavy atom. The second kappa shape index (κ2) is 7.30. The Hall–Kier alpha value is -1.54. The highest BCUT2D eigenvalue weighted by Gasteiger charge is 2.29. The van der Waals surface area contributed by atoms with Crippen molar-refractivity contribution in [2.24, 2.45) is 5.92 Å². The average molecular weight is 280 g/mol. The molecule has 0 spiro atoms. The van der Waals surface area contributed by atoms with E-state index in [1.807, 2.05) is 18.7 Å². The van der Waals surface area contributed by atoms with E-state index in [0.717, 1.165) is 13.0 Å². The molecule has 112 valence electrons. The fraction of sp³-hybridized carbons (Fsp3) is 0.733. The van der Waals surface area contributed by atoms with Crippen molar-refractivity contribution in [1.29, 1.82) is 0 Å². The topological polar surface area (TPSA) is 69.6 Å². The van der Waals surface area contributed by atoms with E-state index in [9.17, 15) is 9.59 Å². The van der Waals surface area contributed by atoms with Crippen molar-refractivity contribution in [3.05, 3.63) is 0 Å². The highest BCUT2D eigenvalue weighted by atomic mass is 16.4. The van der Waals surface area contributed by atoms with Crippen molar-refractivity contribution in [2.45, 2.75) is 45.1 Å². The summed E-state index contributed by atoms with van der Waals surface area (Å²) in [4.78, 5) is 24.7. The second-order valence-electron chi connectivity index (χ2n) is 5.47. The number of hydrogen-bond acceptors (Lipinski definition) is 3. The number of rotatable bonds is 7. The summed E-state index contributed by atoms with van der Waals surface area (Å²) in [5.74, 6) is 1.97. The van der Waals surface area contributed by atoms with Gasteiger partial charge in [0, 0.05) is 13.0 Å². The normalized spacial score (nSPS) is 19.6. The van der Waals surface area contributed by atoms with Gasteiger partial charge in [-0.2, -0.15) is 0 Å². The summed E-state index contributed by atoms with van der Waals surface area (Å²) in [6.07, 6.45) is 7.93. The van der Waals surface area contributed by atoms with Gasteiger partial charge in [0.2, 0.25) is 5.91 Å². The van der Waals surface area contributed by atoms with Crippen molar-refractivity contribution in [3.8, 4) is 12.3 Å². The van der Waals surface area contributed by atoms with Crippen molar-refractivity contribution in [1.82, 2.24) is 10.2 Å². The Kier molecular flexibility index (Phi) is 6.03. The number of terminal acetylenes is 1. The monoisotopic (exact) mass is 280 g/mol. The minimum Gasteiger partial charge on any atom is -0.481 e. The third-order valence-electron chi connectivity index (χ3n) is 4.06. The van der Waals surface area contributed by atoms with E-state index in [1.165, 1.54) is 0 Å². The SMILES string of the molecule is C#CC(CC)(CC)NC(=O)CN1CCC(CC(=O)O)C1. The Morgan fingerprint density at radius 3 is 2.60 bits per heavy atom. The average Bonchev–Trinajstić information content (AvgIpc) is 2.82. The summed E-state index contributed by atoms with van der Waals surface area (Å²) in [6.45, 7) is 5.65. The number of hydrogen-bond donors (Lipinski definition) is 2. The number of nitrogens with zero attached hydrogens (tertiary/aromatic N) is 1. The van der Waals surface area contributed by atoms with Gasteiger partial charge in [-0.3, -0.25) is 14.5 Å². The quantitative estimate of drug-likeness (QED) is 0.685. The van der Waals surface area contributed by atoms with Crippen molar-refractivity contribution in [2.75, 3.05) is 19.6 Å². The van der Waals surface area contributed by atoms with Gasteiger partial charge in [0.15, 0.2) is 0 Å². The summed E-state index contributed by atoms with van der Waals surface area (Å²) < 4.78 is 0. The van der Waals surface area contributed by atoms with Crippen LogP contribution in [0.1, 0.15) is 39.5 Å². The van der Waals surface area contributed by atoms with E-state index in [0.29, 0.717) is 25.9 Å². The maximum absolute atomic E-state index is 12.1. The van der Waals surface area contributed by atoms with Crippen molar-refractivity contribution in [3.63, 3.8) is 0 Å². The smallest absolute Gasteiger partial charge is 0.303 e. The van der Waals surface area contributed by atoms with Gasteiger partial charge in [0.25, 0.3) is 0 Å². The van der Waals surface area contributed by atoms with E-state index in [4.69, 9.17) is 11.5 Å². The van der Waals surface area contributed by atoms with Crippen LogP contribution in [-0.4, -0.2) is 47.1 Å². The molecular weight excluding hydrogens is 256 g/mol. The first-order valence-electron chi connectivity index (χ1n) is 7.17. The van der Waals surface area contributed by atoms with Crippen LogP contribution in [0.25, 0.3) is 0 Å². The first-order chi connectivity index (χ1) is 9.44. The molecule has 1 aliphatic heterocycles. The molecule has 20 heavy (non-hydrogen) atoms. The number of carboxylic acid groups (broad SMARTS) is 1. The van der Waals surface area contributed by atoms with E-state index in [1.54, 1.807) is 0 Å². The van der Waals surface area contributed by atoms with Crippen LogP contribution >= 0.6 is 0 Å². The molecule has 5 heteroatoms. The predicted molar refractivity (Wildman–Crippen MR) is 77.1 cm³/mol. The Balaban J connectivity index is 2.44. The van der Waals surface area contributed by atoms with Crippen LogP contribution in [0.4, 0.5) is 0 Å².